The summed E-state index contributed by atoms with van der Waals surface area (Å²) >= 11 is 0. The maximum absolute atomic E-state index is 12.8. The molecule has 0 aliphatic rings. The number of fused-ring (bicyclic) bond motifs is 1. The highest BCUT2D eigenvalue weighted by molar-refractivity contribution is 6.00. The number of hydrogen-bond donors (Lipinski definition) is 2. The molecule has 0 spiro atoms. The molecule has 2 heterocycles. The largest absolute Gasteiger partial charge is 0.505 e. The number of hydrogen-bond acceptors (Lipinski definition) is 4. The summed E-state index contributed by atoms with van der Waals surface area (Å²) in [7, 11) is 0. The Labute approximate surface area is 130 Å². The molecule has 3 aromatic rings. The van der Waals surface area contributed by atoms with Crippen LogP contribution in [-0.2, 0) is 6.42 Å². The molecule has 0 atom stereocenters. The molecule has 118 valence electrons. The van der Waals surface area contributed by atoms with Crippen LogP contribution in [0.3, 0.4) is 0 Å². The number of primary amides is 1. The molecule has 0 radical (unpaired) electrons. The van der Waals surface area contributed by atoms with Crippen molar-refractivity contribution in [1.29, 1.82) is 0 Å². The molecular weight excluding hydrogens is 301 g/mol. The van der Waals surface area contributed by atoms with Crippen molar-refractivity contribution in [3.63, 3.8) is 0 Å². The van der Waals surface area contributed by atoms with Gasteiger partial charge in [0.15, 0.2) is 11.4 Å². The molecule has 3 N–H and O–H groups in total. The van der Waals surface area contributed by atoms with E-state index in [1.807, 2.05) is 0 Å². The molecule has 0 saturated heterocycles. The fourth-order valence-electron chi connectivity index (χ4n) is 2.27. The first-order chi connectivity index (χ1) is 11.1. The molecule has 0 unspecified atom stereocenters. The van der Waals surface area contributed by atoms with Crippen molar-refractivity contribution in [3.05, 3.63) is 59.8 Å². The number of halogens is 1. The number of aromatic nitrogens is 2. The molecule has 7 heteroatoms. The SMILES string of the molecule is NC(=O)c1ncc2c(ccn2OCCc2ccc(F)cc2)c1O. The zero-order valence-corrected chi connectivity index (χ0v) is 12.1. The second-order valence-corrected chi connectivity index (χ2v) is 4.97. The maximum atomic E-state index is 12.8. The van der Waals surface area contributed by atoms with Gasteiger partial charge in [-0.3, -0.25) is 4.79 Å². The molecule has 3 rings (SSSR count). The topological polar surface area (TPSA) is 90.4 Å². The summed E-state index contributed by atoms with van der Waals surface area (Å²) in [6, 6.07) is 7.79. The molecule has 2 aromatic heterocycles. The van der Waals surface area contributed by atoms with Crippen LogP contribution in [-0.4, -0.2) is 27.3 Å². The fraction of sp³-hybridized carbons (Fsp3) is 0.125. The first-order valence-corrected chi connectivity index (χ1v) is 6.93. The molecule has 6 nitrogen and oxygen atoms in total. The molecule has 0 bridgehead atoms. The van der Waals surface area contributed by atoms with Crippen LogP contribution in [0.15, 0.2) is 42.7 Å². The van der Waals surface area contributed by atoms with E-state index in [1.54, 1.807) is 24.4 Å². The molecule has 1 amide bonds. The summed E-state index contributed by atoms with van der Waals surface area (Å²) in [6.45, 7) is 0.355. The van der Waals surface area contributed by atoms with Crippen LogP contribution >= 0.6 is 0 Å². The normalized spacial score (nSPS) is 10.8. The van der Waals surface area contributed by atoms with Gasteiger partial charge in [-0.1, -0.05) is 12.1 Å². The lowest BCUT2D eigenvalue weighted by Gasteiger charge is -2.09. The number of nitrogens with zero attached hydrogens (tertiary/aromatic N) is 2. The number of amides is 1. The third-order valence-electron chi connectivity index (χ3n) is 3.45. The zero-order valence-electron chi connectivity index (χ0n) is 12.1. The van der Waals surface area contributed by atoms with E-state index in [1.165, 1.54) is 23.1 Å². The standard InChI is InChI=1S/C16H14FN3O3/c17-11-3-1-10(2-4-11)6-8-23-20-7-5-12-13(20)9-19-14(15(12)21)16(18)22/h1-5,7,9,21H,6,8H2,(H2,18,22). The predicted octanol–water partition coefficient (Wildman–Crippen LogP) is 1.65. The average Bonchev–Trinajstić information content (AvgIpc) is 2.93. The van der Waals surface area contributed by atoms with E-state index in [4.69, 9.17) is 10.6 Å². The second-order valence-electron chi connectivity index (χ2n) is 4.97. The van der Waals surface area contributed by atoms with Gasteiger partial charge in [-0.2, -0.15) is 4.73 Å². The molecule has 0 aliphatic carbocycles. The summed E-state index contributed by atoms with van der Waals surface area (Å²) in [4.78, 5) is 20.6. The smallest absolute Gasteiger partial charge is 0.271 e. The minimum atomic E-state index is -0.797. The summed E-state index contributed by atoms with van der Waals surface area (Å²) in [5.41, 5.74) is 6.43. The van der Waals surface area contributed by atoms with Gasteiger partial charge in [0.1, 0.15) is 17.9 Å². The fourth-order valence-corrected chi connectivity index (χ4v) is 2.27. The Kier molecular flexibility index (Phi) is 3.84. The highest BCUT2D eigenvalue weighted by Gasteiger charge is 2.15. The van der Waals surface area contributed by atoms with Crippen molar-refractivity contribution in [2.24, 2.45) is 5.73 Å². The van der Waals surface area contributed by atoms with Gasteiger partial charge in [0, 0.05) is 18.0 Å². The second kappa shape index (κ2) is 5.96. The van der Waals surface area contributed by atoms with Gasteiger partial charge >= 0.3 is 0 Å². The highest BCUT2D eigenvalue weighted by atomic mass is 19.1. The van der Waals surface area contributed by atoms with Gasteiger partial charge in [-0.25, -0.2) is 9.37 Å². The maximum Gasteiger partial charge on any atom is 0.271 e. The first kappa shape index (κ1) is 14.8. The van der Waals surface area contributed by atoms with Crippen LogP contribution in [0.4, 0.5) is 4.39 Å². The third-order valence-corrected chi connectivity index (χ3v) is 3.45. The molecule has 0 aliphatic heterocycles. The lowest BCUT2D eigenvalue weighted by atomic mass is 10.2. The van der Waals surface area contributed by atoms with Crippen molar-refractivity contribution in [1.82, 2.24) is 9.71 Å². The Morgan fingerprint density at radius 2 is 2.04 bits per heavy atom. The lowest BCUT2D eigenvalue weighted by Crippen LogP contribution is -2.15. The van der Waals surface area contributed by atoms with Crippen molar-refractivity contribution < 1.29 is 19.1 Å². The minimum absolute atomic E-state index is 0.179. The van der Waals surface area contributed by atoms with Crippen LogP contribution in [0, 0.1) is 5.82 Å². The van der Waals surface area contributed by atoms with Crippen LogP contribution < -0.4 is 10.6 Å². The van der Waals surface area contributed by atoms with Crippen molar-refractivity contribution in [2.45, 2.75) is 6.42 Å². The van der Waals surface area contributed by atoms with E-state index < -0.39 is 5.91 Å². The van der Waals surface area contributed by atoms with Crippen molar-refractivity contribution >= 4 is 16.8 Å². The van der Waals surface area contributed by atoms with Gasteiger partial charge in [-0.05, 0) is 23.8 Å². The number of nitrogens with two attached hydrogens (primary N) is 1. The Balaban J connectivity index is 1.75. The molecule has 1 aromatic carbocycles. The lowest BCUT2D eigenvalue weighted by molar-refractivity contribution is 0.0992. The Hall–Kier alpha value is -3.09. The van der Waals surface area contributed by atoms with E-state index in [-0.39, 0.29) is 17.3 Å². The van der Waals surface area contributed by atoms with Gasteiger partial charge in [0.2, 0.25) is 0 Å². The van der Waals surface area contributed by atoms with Crippen molar-refractivity contribution in [2.75, 3.05) is 6.61 Å². The van der Waals surface area contributed by atoms with E-state index in [9.17, 15) is 14.3 Å². The van der Waals surface area contributed by atoms with Gasteiger partial charge in [0.05, 0.1) is 6.20 Å². The monoisotopic (exact) mass is 315 g/mol. The zero-order chi connectivity index (χ0) is 16.4. The molecular formula is C16H14FN3O3. The number of pyridine rings is 1. The third kappa shape index (κ3) is 2.94. The average molecular weight is 315 g/mol. The highest BCUT2D eigenvalue weighted by Crippen LogP contribution is 2.27. The van der Waals surface area contributed by atoms with E-state index in [0.717, 1.165) is 5.56 Å². The van der Waals surface area contributed by atoms with E-state index in [2.05, 4.69) is 4.98 Å². The van der Waals surface area contributed by atoms with Crippen LogP contribution in [0.2, 0.25) is 0 Å². The van der Waals surface area contributed by atoms with Crippen LogP contribution in [0.25, 0.3) is 10.9 Å². The molecule has 0 saturated carbocycles. The summed E-state index contributed by atoms with van der Waals surface area (Å²) in [5, 5.41) is 10.4. The Morgan fingerprint density at radius 3 is 2.74 bits per heavy atom. The molecule has 23 heavy (non-hydrogen) atoms. The first-order valence-electron chi connectivity index (χ1n) is 6.93. The van der Waals surface area contributed by atoms with Gasteiger partial charge in [-0.15, -0.1) is 0 Å². The van der Waals surface area contributed by atoms with Gasteiger partial charge < -0.3 is 15.7 Å². The number of rotatable bonds is 5. The minimum Gasteiger partial charge on any atom is -0.505 e. The predicted molar refractivity (Wildman–Crippen MR) is 81.5 cm³/mol. The van der Waals surface area contributed by atoms with Crippen LogP contribution in [0.1, 0.15) is 16.1 Å². The number of benzene rings is 1. The Bertz CT molecular complexity index is 859. The molecule has 0 fully saturated rings. The number of aromatic hydroxyl groups is 1. The van der Waals surface area contributed by atoms with Gasteiger partial charge in [0.25, 0.3) is 5.91 Å². The number of carbonyl (C=O) groups is 1. The summed E-state index contributed by atoms with van der Waals surface area (Å²) in [6.07, 6.45) is 3.62. The van der Waals surface area contributed by atoms with E-state index in [0.29, 0.717) is 23.9 Å². The quantitative estimate of drug-likeness (QED) is 0.749. The summed E-state index contributed by atoms with van der Waals surface area (Å²) in [5.74, 6) is -1.34. The van der Waals surface area contributed by atoms with Crippen molar-refractivity contribution in [3.8, 4) is 5.75 Å². The van der Waals surface area contributed by atoms with Crippen LogP contribution in [0.5, 0.6) is 5.75 Å². The van der Waals surface area contributed by atoms with E-state index >= 15 is 0 Å². The summed E-state index contributed by atoms with van der Waals surface area (Å²) < 4.78 is 14.3. The Morgan fingerprint density at radius 1 is 1.30 bits per heavy atom. The number of carbonyl (C=O) groups excluding carboxylic acids is 1.